The molecule has 1 aromatic heterocycles. The highest BCUT2D eigenvalue weighted by atomic mass is 19.1. The zero-order chi connectivity index (χ0) is 18.8. The molecule has 4 heteroatoms. The summed E-state index contributed by atoms with van der Waals surface area (Å²) in [4.78, 5) is 14.6. The van der Waals surface area contributed by atoms with Crippen molar-refractivity contribution in [3.63, 3.8) is 0 Å². The minimum atomic E-state index is -0.851. The maximum absolute atomic E-state index is 14.0. The smallest absolute Gasteiger partial charge is 0.307 e. The Morgan fingerprint density at radius 2 is 1.63 bits per heavy atom. The molecule has 0 fully saturated rings. The van der Waals surface area contributed by atoms with Gasteiger partial charge in [-0.15, -0.1) is 0 Å². The van der Waals surface area contributed by atoms with E-state index < -0.39 is 5.97 Å². The van der Waals surface area contributed by atoms with Gasteiger partial charge in [-0.05, 0) is 28.8 Å². The number of fused-ring (bicyclic) bond motifs is 1. The monoisotopic (exact) mass is 359 g/mol. The summed E-state index contributed by atoms with van der Waals surface area (Å²) in [6, 6.07) is 22.1. The van der Waals surface area contributed by atoms with E-state index in [1.54, 1.807) is 12.1 Å². The molecule has 4 aromatic rings. The van der Waals surface area contributed by atoms with Crippen molar-refractivity contribution < 1.29 is 14.3 Å². The molecule has 0 atom stereocenters. The molecule has 2 N–H and O–H groups in total. The molecule has 4 rings (SSSR count). The van der Waals surface area contributed by atoms with Crippen molar-refractivity contribution in [2.75, 3.05) is 0 Å². The largest absolute Gasteiger partial charge is 0.481 e. The number of H-pyrrole nitrogens is 1. The van der Waals surface area contributed by atoms with Gasteiger partial charge in [0.05, 0.1) is 6.42 Å². The van der Waals surface area contributed by atoms with Crippen molar-refractivity contribution in [1.29, 1.82) is 0 Å². The van der Waals surface area contributed by atoms with E-state index in [0.29, 0.717) is 12.0 Å². The number of benzene rings is 3. The molecule has 3 nitrogen and oxygen atoms in total. The van der Waals surface area contributed by atoms with Crippen LogP contribution in [0, 0.1) is 5.82 Å². The molecule has 0 bridgehead atoms. The van der Waals surface area contributed by atoms with Crippen LogP contribution in [0.1, 0.15) is 16.8 Å². The van der Waals surface area contributed by atoms with Gasteiger partial charge in [-0.3, -0.25) is 4.79 Å². The minimum absolute atomic E-state index is 0.0212. The fourth-order valence-corrected chi connectivity index (χ4v) is 3.46. The molecule has 0 aliphatic carbocycles. The molecular formula is C23H18FNO2. The number of hydrogen-bond donors (Lipinski definition) is 2. The summed E-state index contributed by atoms with van der Waals surface area (Å²) in [5.41, 5.74) is 5.08. The van der Waals surface area contributed by atoms with Gasteiger partial charge in [0.1, 0.15) is 5.82 Å². The molecule has 1 heterocycles. The SMILES string of the molecule is O=C(O)Cc1c(Cc2ccc(-c3ccccc3F)cc2)[nH]c2ccccc12. The molecule has 27 heavy (non-hydrogen) atoms. The van der Waals surface area contributed by atoms with Crippen LogP contribution in [0.5, 0.6) is 0 Å². The van der Waals surface area contributed by atoms with E-state index in [2.05, 4.69) is 4.98 Å². The number of para-hydroxylation sites is 1. The third kappa shape index (κ3) is 3.47. The first-order valence-corrected chi connectivity index (χ1v) is 8.76. The Kier molecular flexibility index (Phi) is 4.47. The lowest BCUT2D eigenvalue weighted by molar-refractivity contribution is -0.136. The molecule has 0 saturated heterocycles. The van der Waals surface area contributed by atoms with Crippen LogP contribution in [-0.2, 0) is 17.6 Å². The number of aromatic nitrogens is 1. The molecule has 3 aromatic carbocycles. The quantitative estimate of drug-likeness (QED) is 0.515. The number of aliphatic carboxylic acids is 1. The van der Waals surface area contributed by atoms with Crippen molar-refractivity contribution >= 4 is 16.9 Å². The van der Waals surface area contributed by atoms with E-state index in [1.807, 2.05) is 54.6 Å². The zero-order valence-electron chi connectivity index (χ0n) is 14.6. The van der Waals surface area contributed by atoms with Crippen molar-refractivity contribution in [3.8, 4) is 11.1 Å². The van der Waals surface area contributed by atoms with E-state index >= 15 is 0 Å². The second kappa shape index (κ2) is 7.08. The van der Waals surface area contributed by atoms with Crippen LogP contribution in [0.2, 0.25) is 0 Å². The fourth-order valence-electron chi connectivity index (χ4n) is 3.46. The number of nitrogens with one attached hydrogen (secondary N) is 1. The van der Waals surface area contributed by atoms with Gasteiger partial charge < -0.3 is 10.1 Å². The molecule has 0 saturated carbocycles. The summed E-state index contributed by atoms with van der Waals surface area (Å²) in [7, 11) is 0. The molecule has 0 amide bonds. The first-order chi connectivity index (χ1) is 13.1. The average molecular weight is 359 g/mol. The minimum Gasteiger partial charge on any atom is -0.481 e. The number of halogens is 1. The summed E-state index contributed by atoms with van der Waals surface area (Å²) in [6.45, 7) is 0. The molecule has 0 spiro atoms. The van der Waals surface area contributed by atoms with E-state index in [4.69, 9.17) is 0 Å². The summed E-state index contributed by atoms with van der Waals surface area (Å²) >= 11 is 0. The van der Waals surface area contributed by atoms with Crippen molar-refractivity contribution in [3.05, 3.63) is 95.4 Å². The molecule has 0 aliphatic rings. The molecule has 0 radical (unpaired) electrons. The average Bonchev–Trinajstić information content (AvgIpc) is 3.00. The molecule has 0 unspecified atom stereocenters. The lowest BCUT2D eigenvalue weighted by Gasteiger charge is -2.07. The van der Waals surface area contributed by atoms with Gasteiger partial charge in [0.2, 0.25) is 0 Å². The highest BCUT2D eigenvalue weighted by molar-refractivity contribution is 5.88. The standard InChI is InChI=1S/C23H18FNO2/c24-20-7-3-1-5-17(20)16-11-9-15(10-12-16)13-22-19(14-23(26)27)18-6-2-4-8-21(18)25-22/h1-12,25H,13-14H2,(H,26,27). The van der Waals surface area contributed by atoms with E-state index in [-0.39, 0.29) is 12.2 Å². The van der Waals surface area contributed by atoms with Crippen molar-refractivity contribution in [1.82, 2.24) is 4.98 Å². The van der Waals surface area contributed by atoms with Crippen LogP contribution in [0.4, 0.5) is 4.39 Å². The summed E-state index contributed by atoms with van der Waals surface area (Å²) in [6.07, 6.45) is 0.571. The van der Waals surface area contributed by atoms with E-state index in [0.717, 1.165) is 33.3 Å². The van der Waals surface area contributed by atoms with Crippen molar-refractivity contribution in [2.45, 2.75) is 12.8 Å². The topological polar surface area (TPSA) is 53.1 Å². The normalized spacial score (nSPS) is 11.0. The van der Waals surface area contributed by atoms with Gasteiger partial charge in [-0.25, -0.2) is 4.39 Å². The lowest BCUT2D eigenvalue weighted by atomic mass is 9.99. The predicted molar refractivity (Wildman–Crippen MR) is 104 cm³/mol. The van der Waals surface area contributed by atoms with E-state index in [9.17, 15) is 14.3 Å². The number of hydrogen-bond acceptors (Lipinski definition) is 1. The van der Waals surface area contributed by atoms with Crippen LogP contribution in [0.3, 0.4) is 0 Å². The Bertz CT molecular complexity index is 1110. The molecular weight excluding hydrogens is 341 g/mol. The van der Waals surface area contributed by atoms with E-state index in [1.165, 1.54) is 6.07 Å². The Morgan fingerprint density at radius 1 is 0.926 bits per heavy atom. The summed E-state index contributed by atoms with van der Waals surface area (Å²) in [5.74, 6) is -1.10. The van der Waals surface area contributed by atoms with Crippen LogP contribution in [0.25, 0.3) is 22.0 Å². The summed E-state index contributed by atoms with van der Waals surface area (Å²) in [5, 5.41) is 10.2. The number of rotatable bonds is 5. The highest BCUT2D eigenvalue weighted by Gasteiger charge is 2.14. The first-order valence-electron chi connectivity index (χ1n) is 8.76. The van der Waals surface area contributed by atoms with Gasteiger partial charge in [0, 0.05) is 28.6 Å². The van der Waals surface area contributed by atoms with Gasteiger partial charge in [-0.1, -0.05) is 60.7 Å². The Morgan fingerprint density at radius 3 is 2.37 bits per heavy atom. The predicted octanol–water partition coefficient (Wildman–Crippen LogP) is 5.19. The Hall–Kier alpha value is -3.40. The van der Waals surface area contributed by atoms with Crippen molar-refractivity contribution in [2.24, 2.45) is 0 Å². The number of aromatic amines is 1. The first kappa shape index (κ1) is 17.0. The Balaban J connectivity index is 1.66. The van der Waals surface area contributed by atoms with Gasteiger partial charge in [0.25, 0.3) is 0 Å². The second-order valence-corrected chi connectivity index (χ2v) is 6.55. The fraction of sp³-hybridized carbons (Fsp3) is 0.0870. The number of carboxylic acids is 1. The van der Waals surface area contributed by atoms with Crippen LogP contribution < -0.4 is 0 Å². The number of carbonyl (C=O) groups is 1. The Labute approximate surface area is 156 Å². The number of carboxylic acid groups (broad SMARTS) is 1. The third-order valence-corrected chi connectivity index (χ3v) is 4.75. The van der Waals surface area contributed by atoms with Gasteiger partial charge in [0.15, 0.2) is 0 Å². The van der Waals surface area contributed by atoms with Gasteiger partial charge >= 0.3 is 5.97 Å². The summed E-state index contributed by atoms with van der Waals surface area (Å²) < 4.78 is 14.0. The van der Waals surface area contributed by atoms with Crippen LogP contribution in [0.15, 0.2) is 72.8 Å². The molecule has 134 valence electrons. The third-order valence-electron chi connectivity index (χ3n) is 4.75. The van der Waals surface area contributed by atoms with Crippen LogP contribution in [-0.4, -0.2) is 16.1 Å². The highest BCUT2D eigenvalue weighted by Crippen LogP contribution is 2.27. The maximum Gasteiger partial charge on any atom is 0.307 e. The van der Waals surface area contributed by atoms with Gasteiger partial charge in [-0.2, -0.15) is 0 Å². The lowest BCUT2D eigenvalue weighted by Crippen LogP contribution is -2.03. The second-order valence-electron chi connectivity index (χ2n) is 6.55. The van der Waals surface area contributed by atoms with Crippen LogP contribution >= 0.6 is 0 Å². The zero-order valence-corrected chi connectivity index (χ0v) is 14.6. The maximum atomic E-state index is 14.0. The molecule has 0 aliphatic heterocycles.